The fourth-order valence-electron chi connectivity index (χ4n) is 9.50. The SMILES string of the molecule is S=C1C(=Cc2nc3c(s2)-c2cc4c(cc2C2(CCCCC2)O3)-c2sc(C=C3C(=S)c5ccccc5C3=S)nc2OC42CCCCC2)C(=S)c2ccccc21. The largest absolute Gasteiger partial charge is 0.465 e. The number of nitrogens with zero attached hydrogens (tertiary/aromatic N) is 2. The number of allylic oxidation sites excluding steroid dienone is 2. The third kappa shape index (κ3) is 4.93. The summed E-state index contributed by atoms with van der Waals surface area (Å²) in [7, 11) is 0. The average molecular weight is 813 g/mol. The fourth-order valence-corrected chi connectivity index (χ4v) is 12.9. The van der Waals surface area contributed by atoms with Gasteiger partial charge in [-0.05, 0) is 75.7 Å². The van der Waals surface area contributed by atoms with Crippen molar-refractivity contribution in [2.45, 2.75) is 75.4 Å². The summed E-state index contributed by atoms with van der Waals surface area (Å²) in [5, 5.41) is 1.72. The summed E-state index contributed by atoms with van der Waals surface area (Å²) in [6.45, 7) is 0. The van der Waals surface area contributed by atoms with Gasteiger partial charge < -0.3 is 9.47 Å². The lowest BCUT2D eigenvalue weighted by Gasteiger charge is -2.45. The Morgan fingerprint density at radius 1 is 0.500 bits per heavy atom. The number of thiocarbonyl (C=S) groups is 4. The lowest BCUT2D eigenvalue weighted by molar-refractivity contribution is 0.0162. The smallest absolute Gasteiger partial charge is 0.234 e. The zero-order valence-electron chi connectivity index (χ0n) is 29.2. The molecule has 0 N–H and O–H groups in total. The first-order valence-corrected chi connectivity index (χ1v) is 22.0. The number of ether oxygens (including phenoxy) is 2. The van der Waals surface area contributed by atoms with Gasteiger partial charge in [-0.15, -0.1) is 22.7 Å². The standard InChI is InChI=1S/C44H32N2O2S6/c49-35-23-11-3-4-12-24(23)36(50)29(35)21-33-45-41-39(53-33)27-20-32-28(19-31(27)43(47-41)15-7-1-8-16-43)40-42(48-44(32)17-9-2-10-18-44)46-34(54-40)22-30-37(51)25-13-5-6-14-26(25)38(30)52/h3-6,11-14,19-22H,1-2,7-10,15-18H2. The van der Waals surface area contributed by atoms with Gasteiger partial charge in [-0.1, -0.05) is 110 Å². The maximum Gasteiger partial charge on any atom is 0.234 e. The molecule has 10 heteroatoms. The molecular formula is C44H32N2O2S6. The maximum absolute atomic E-state index is 7.13. The highest BCUT2D eigenvalue weighted by Crippen LogP contribution is 2.59. The molecule has 2 aromatic heterocycles. The topological polar surface area (TPSA) is 44.2 Å². The van der Waals surface area contributed by atoms with Gasteiger partial charge in [0, 0.05) is 55.7 Å². The minimum absolute atomic E-state index is 0.440. The van der Waals surface area contributed by atoms with Crippen LogP contribution >= 0.6 is 71.5 Å². The second-order valence-corrected chi connectivity index (χ2v) is 18.8. The molecule has 0 bridgehead atoms. The third-order valence-electron chi connectivity index (χ3n) is 12.1. The molecule has 4 aliphatic carbocycles. The second-order valence-electron chi connectivity index (χ2n) is 15.2. The van der Waals surface area contributed by atoms with Crippen LogP contribution in [0.5, 0.6) is 11.8 Å². The maximum atomic E-state index is 7.13. The molecule has 0 amide bonds. The van der Waals surface area contributed by atoms with E-state index in [9.17, 15) is 0 Å². The Morgan fingerprint density at radius 3 is 1.20 bits per heavy atom. The zero-order valence-corrected chi connectivity index (χ0v) is 34.1. The molecule has 0 radical (unpaired) electrons. The van der Waals surface area contributed by atoms with Crippen molar-refractivity contribution in [3.63, 3.8) is 0 Å². The molecule has 2 fully saturated rings. The summed E-state index contributed by atoms with van der Waals surface area (Å²) >= 11 is 27.1. The highest BCUT2D eigenvalue weighted by Gasteiger charge is 2.49. The highest BCUT2D eigenvalue weighted by molar-refractivity contribution is 7.84. The van der Waals surface area contributed by atoms with Gasteiger partial charge in [0.25, 0.3) is 0 Å². The van der Waals surface area contributed by atoms with Crippen molar-refractivity contribution in [1.29, 1.82) is 0 Å². The van der Waals surface area contributed by atoms with Gasteiger partial charge in [-0.25, -0.2) is 9.97 Å². The molecule has 3 aromatic carbocycles. The van der Waals surface area contributed by atoms with Gasteiger partial charge in [0.1, 0.15) is 21.2 Å². The number of fused-ring (bicyclic) bond motifs is 10. The number of rotatable bonds is 2. The van der Waals surface area contributed by atoms with Crippen LogP contribution < -0.4 is 9.47 Å². The van der Waals surface area contributed by atoms with Gasteiger partial charge in [0.2, 0.25) is 11.8 Å². The predicted octanol–water partition coefficient (Wildman–Crippen LogP) is 12.1. The molecule has 0 saturated heterocycles. The number of hydrogen-bond donors (Lipinski definition) is 0. The summed E-state index contributed by atoms with van der Waals surface area (Å²) in [6.07, 6.45) is 14.9. The molecule has 5 aromatic rings. The molecule has 6 aliphatic rings. The first-order valence-electron chi connectivity index (χ1n) is 18.7. The van der Waals surface area contributed by atoms with Crippen molar-refractivity contribution in [2.24, 2.45) is 0 Å². The van der Waals surface area contributed by atoms with E-state index in [2.05, 4.69) is 48.6 Å². The predicted molar refractivity (Wildman–Crippen MR) is 235 cm³/mol. The van der Waals surface area contributed by atoms with Crippen LogP contribution in [0.25, 0.3) is 33.0 Å². The Kier molecular flexibility index (Phi) is 7.75. The number of hydrogen-bond acceptors (Lipinski definition) is 10. The zero-order chi connectivity index (χ0) is 36.3. The van der Waals surface area contributed by atoms with Crippen LogP contribution in [0.3, 0.4) is 0 Å². The van der Waals surface area contributed by atoms with Crippen molar-refractivity contribution < 1.29 is 9.47 Å². The normalized spacial score (nSPS) is 19.8. The van der Waals surface area contributed by atoms with Gasteiger partial charge in [0.15, 0.2) is 0 Å². The van der Waals surface area contributed by atoms with E-state index >= 15 is 0 Å². The molecule has 4 heterocycles. The molecule has 266 valence electrons. The molecule has 2 aliphatic heterocycles. The summed E-state index contributed by atoms with van der Waals surface area (Å²) in [4.78, 5) is 15.6. The van der Waals surface area contributed by atoms with E-state index in [1.54, 1.807) is 22.7 Å². The third-order valence-corrected chi connectivity index (χ3v) is 15.9. The van der Waals surface area contributed by atoms with Crippen molar-refractivity contribution in [2.75, 3.05) is 0 Å². The Labute approximate surface area is 343 Å². The van der Waals surface area contributed by atoms with Crippen LogP contribution in [0.1, 0.15) is 108 Å². The summed E-state index contributed by atoms with van der Waals surface area (Å²) in [5.74, 6) is 1.44. The van der Waals surface area contributed by atoms with Crippen molar-refractivity contribution in [3.05, 3.63) is 115 Å². The molecule has 54 heavy (non-hydrogen) atoms. The van der Waals surface area contributed by atoms with Crippen molar-refractivity contribution in [1.82, 2.24) is 9.97 Å². The van der Waals surface area contributed by atoms with Crippen molar-refractivity contribution in [3.8, 4) is 32.6 Å². The summed E-state index contributed by atoms with van der Waals surface area (Å²) in [5.41, 5.74) is 9.98. The van der Waals surface area contributed by atoms with Crippen LogP contribution in [-0.2, 0) is 11.2 Å². The highest BCUT2D eigenvalue weighted by atomic mass is 32.1. The monoisotopic (exact) mass is 812 g/mol. The lowest BCUT2D eigenvalue weighted by Crippen LogP contribution is -2.40. The molecule has 4 nitrogen and oxygen atoms in total. The molecule has 0 unspecified atom stereocenters. The van der Waals surface area contributed by atoms with Gasteiger partial charge in [-0.2, -0.15) is 0 Å². The summed E-state index contributed by atoms with van der Waals surface area (Å²) < 4.78 is 14.3. The van der Waals surface area contributed by atoms with Crippen LogP contribution in [-0.4, -0.2) is 29.4 Å². The van der Waals surface area contributed by atoms with Crippen LogP contribution in [0.15, 0.2) is 71.8 Å². The van der Waals surface area contributed by atoms with Crippen LogP contribution in [0.4, 0.5) is 0 Å². The molecule has 2 spiro atoms. The van der Waals surface area contributed by atoms with E-state index in [0.717, 1.165) is 136 Å². The van der Waals surface area contributed by atoms with E-state index < -0.39 is 11.2 Å². The first-order chi connectivity index (χ1) is 26.3. The fraction of sp³-hybridized carbons (Fsp3) is 0.273. The van der Waals surface area contributed by atoms with E-state index in [1.807, 2.05) is 24.3 Å². The van der Waals surface area contributed by atoms with E-state index in [1.165, 1.54) is 35.1 Å². The number of benzene rings is 3. The van der Waals surface area contributed by atoms with E-state index in [0.29, 0.717) is 0 Å². The Bertz CT molecular complexity index is 2360. The van der Waals surface area contributed by atoms with Gasteiger partial charge >= 0.3 is 0 Å². The quantitative estimate of drug-likeness (QED) is 0.129. The number of aromatic nitrogens is 2. The lowest BCUT2D eigenvalue weighted by atomic mass is 9.71. The van der Waals surface area contributed by atoms with Gasteiger partial charge in [0.05, 0.1) is 29.2 Å². The van der Waals surface area contributed by atoms with E-state index in [4.69, 9.17) is 68.3 Å². The Hall–Kier alpha value is -3.64. The number of thiazole rings is 2. The molecular weight excluding hydrogens is 781 g/mol. The molecule has 0 atom stereocenters. The minimum atomic E-state index is -0.440. The Balaban J connectivity index is 1.07. The Morgan fingerprint density at radius 2 is 0.852 bits per heavy atom. The minimum Gasteiger partial charge on any atom is -0.465 e. The van der Waals surface area contributed by atoms with Crippen LogP contribution in [0, 0.1) is 0 Å². The molecule has 11 rings (SSSR count). The molecule has 2 saturated carbocycles. The van der Waals surface area contributed by atoms with Crippen molar-refractivity contribution >= 4 is 103 Å². The first kappa shape index (κ1) is 33.7. The van der Waals surface area contributed by atoms with Gasteiger partial charge in [-0.3, -0.25) is 0 Å². The second kappa shape index (κ2) is 12.4. The van der Waals surface area contributed by atoms with E-state index in [-0.39, 0.29) is 0 Å². The van der Waals surface area contributed by atoms with Crippen LogP contribution in [0.2, 0.25) is 0 Å². The average Bonchev–Trinajstić information content (AvgIpc) is 3.92. The summed E-state index contributed by atoms with van der Waals surface area (Å²) in [6, 6.07) is 21.2.